The fourth-order valence-corrected chi connectivity index (χ4v) is 3.89. The van der Waals surface area contributed by atoms with Crippen molar-refractivity contribution in [2.75, 3.05) is 14.2 Å². The van der Waals surface area contributed by atoms with Crippen LogP contribution in [0.2, 0.25) is 0 Å². The van der Waals surface area contributed by atoms with Crippen molar-refractivity contribution in [3.05, 3.63) is 0 Å². The van der Waals surface area contributed by atoms with Crippen LogP contribution in [0.3, 0.4) is 0 Å². The van der Waals surface area contributed by atoms with Gasteiger partial charge in [0.1, 0.15) is 0 Å². The third kappa shape index (κ3) is 2.39. The first-order chi connectivity index (χ1) is 8.04. The molecule has 0 aromatic rings. The smallest absolute Gasteiger partial charge is 0.0606 e. The highest BCUT2D eigenvalue weighted by Gasteiger charge is 2.49. The van der Waals surface area contributed by atoms with E-state index >= 15 is 0 Å². The Bertz CT molecular complexity index is 209. The van der Waals surface area contributed by atoms with Crippen LogP contribution in [0.4, 0.5) is 0 Å². The van der Waals surface area contributed by atoms with E-state index in [9.17, 15) is 0 Å². The van der Waals surface area contributed by atoms with E-state index in [1.54, 1.807) is 0 Å². The lowest BCUT2D eigenvalue weighted by Gasteiger charge is -2.58. The molecule has 0 aromatic carbocycles. The number of hydrogen-bond donors (Lipinski definition) is 0. The molecule has 102 valence electrons. The molecule has 0 aromatic heterocycles. The van der Waals surface area contributed by atoms with Crippen LogP contribution in [0.1, 0.15) is 66.2 Å². The van der Waals surface area contributed by atoms with Gasteiger partial charge in [-0.25, -0.2) is 0 Å². The van der Waals surface area contributed by atoms with Gasteiger partial charge >= 0.3 is 0 Å². The average Bonchev–Trinajstić information content (AvgIpc) is 2.40. The van der Waals surface area contributed by atoms with Crippen molar-refractivity contribution >= 4 is 0 Å². The zero-order chi connectivity index (χ0) is 13.1. The number of piperidine rings is 1. The van der Waals surface area contributed by atoms with Crippen molar-refractivity contribution < 1.29 is 4.74 Å². The zero-order valence-corrected chi connectivity index (χ0v) is 12.7. The van der Waals surface area contributed by atoms with Gasteiger partial charge in [0.15, 0.2) is 0 Å². The van der Waals surface area contributed by atoms with Crippen LogP contribution < -0.4 is 0 Å². The minimum Gasteiger partial charge on any atom is -0.381 e. The molecule has 0 atom stereocenters. The first kappa shape index (κ1) is 15.0. The minimum absolute atomic E-state index is 0.338. The highest BCUT2D eigenvalue weighted by Crippen LogP contribution is 2.45. The van der Waals surface area contributed by atoms with Crippen molar-refractivity contribution in [1.29, 1.82) is 0 Å². The monoisotopic (exact) mass is 241 g/mol. The summed E-state index contributed by atoms with van der Waals surface area (Å²) >= 11 is 0. The molecule has 1 aliphatic rings. The number of ether oxygens (including phenoxy) is 1. The molecule has 1 saturated heterocycles. The van der Waals surface area contributed by atoms with E-state index in [0.29, 0.717) is 17.2 Å². The van der Waals surface area contributed by atoms with Gasteiger partial charge in [0.25, 0.3) is 0 Å². The second-order valence-electron chi connectivity index (χ2n) is 5.69. The predicted molar refractivity (Wildman–Crippen MR) is 74.4 cm³/mol. The van der Waals surface area contributed by atoms with Crippen molar-refractivity contribution in [3.8, 4) is 0 Å². The topological polar surface area (TPSA) is 12.5 Å². The average molecular weight is 241 g/mol. The first-order valence-corrected chi connectivity index (χ1v) is 7.30. The molecule has 1 aliphatic heterocycles. The number of methoxy groups -OCH3 is 1. The van der Waals surface area contributed by atoms with Gasteiger partial charge in [0, 0.05) is 18.2 Å². The fraction of sp³-hybridized carbons (Fsp3) is 1.00. The minimum atomic E-state index is 0.338. The maximum atomic E-state index is 5.73. The molecule has 0 unspecified atom stereocenters. The third-order valence-corrected chi connectivity index (χ3v) is 5.60. The molecule has 0 saturated carbocycles. The molecule has 2 nitrogen and oxygen atoms in total. The summed E-state index contributed by atoms with van der Waals surface area (Å²) < 4.78 is 5.73. The Morgan fingerprint density at radius 2 is 1.29 bits per heavy atom. The molecule has 0 spiro atoms. The molecular weight excluding hydrogens is 210 g/mol. The fourth-order valence-electron chi connectivity index (χ4n) is 3.89. The molecule has 1 rings (SSSR count). The molecule has 0 bridgehead atoms. The summed E-state index contributed by atoms with van der Waals surface area (Å²) in [6.45, 7) is 9.31. The van der Waals surface area contributed by atoms with Crippen molar-refractivity contribution in [1.82, 2.24) is 4.90 Å². The van der Waals surface area contributed by atoms with E-state index in [4.69, 9.17) is 4.74 Å². The predicted octanol–water partition coefficient (Wildman–Crippen LogP) is 3.84. The second-order valence-corrected chi connectivity index (χ2v) is 5.69. The summed E-state index contributed by atoms with van der Waals surface area (Å²) in [6.07, 6.45) is 7.71. The SMILES string of the molecule is CCC1(CC)CC(OC)CC(CC)(CC)N1C. The number of likely N-dealkylation sites (tertiary alicyclic amines) is 1. The van der Waals surface area contributed by atoms with Gasteiger partial charge in [-0.1, -0.05) is 27.7 Å². The number of nitrogens with zero attached hydrogens (tertiary/aromatic N) is 1. The third-order valence-electron chi connectivity index (χ3n) is 5.60. The van der Waals surface area contributed by atoms with Gasteiger partial charge in [-0.15, -0.1) is 0 Å². The van der Waals surface area contributed by atoms with E-state index in [1.807, 2.05) is 7.11 Å². The summed E-state index contributed by atoms with van der Waals surface area (Å²) in [5.74, 6) is 0. The summed E-state index contributed by atoms with van der Waals surface area (Å²) in [4.78, 5) is 2.69. The van der Waals surface area contributed by atoms with Gasteiger partial charge in [0.05, 0.1) is 6.10 Å². The largest absolute Gasteiger partial charge is 0.381 e. The Hall–Kier alpha value is -0.0800. The summed E-state index contributed by atoms with van der Waals surface area (Å²) in [7, 11) is 4.22. The van der Waals surface area contributed by atoms with Crippen LogP contribution in [0.15, 0.2) is 0 Å². The molecule has 0 amide bonds. The van der Waals surface area contributed by atoms with Gasteiger partial charge in [0.2, 0.25) is 0 Å². The van der Waals surface area contributed by atoms with E-state index < -0.39 is 0 Å². The lowest BCUT2D eigenvalue weighted by molar-refractivity contribution is -0.113. The Morgan fingerprint density at radius 1 is 0.941 bits per heavy atom. The van der Waals surface area contributed by atoms with Crippen LogP contribution in [0.5, 0.6) is 0 Å². The molecule has 0 N–H and O–H groups in total. The Kier molecular flexibility index (Phi) is 5.03. The Morgan fingerprint density at radius 3 is 1.53 bits per heavy atom. The summed E-state index contributed by atoms with van der Waals surface area (Å²) in [5.41, 5.74) is 0.676. The molecule has 0 aliphatic carbocycles. The van der Waals surface area contributed by atoms with Gasteiger partial charge < -0.3 is 4.74 Å². The van der Waals surface area contributed by atoms with Crippen LogP contribution in [-0.4, -0.2) is 36.2 Å². The lowest BCUT2D eigenvalue weighted by Crippen LogP contribution is -2.64. The molecule has 1 fully saturated rings. The van der Waals surface area contributed by atoms with Crippen molar-refractivity contribution in [2.45, 2.75) is 83.4 Å². The van der Waals surface area contributed by atoms with Gasteiger partial charge in [-0.3, -0.25) is 4.90 Å². The zero-order valence-electron chi connectivity index (χ0n) is 12.7. The number of hydrogen-bond acceptors (Lipinski definition) is 2. The molecular formula is C15H31NO. The van der Waals surface area contributed by atoms with Crippen LogP contribution in [-0.2, 0) is 4.74 Å². The molecule has 2 heteroatoms. The normalized spacial score (nSPS) is 25.1. The van der Waals surface area contributed by atoms with Crippen LogP contribution >= 0.6 is 0 Å². The number of rotatable bonds is 5. The Balaban J connectivity index is 3.08. The maximum Gasteiger partial charge on any atom is 0.0606 e. The molecule has 0 radical (unpaired) electrons. The highest BCUT2D eigenvalue weighted by atomic mass is 16.5. The highest BCUT2D eigenvalue weighted by molar-refractivity contribution is 5.05. The quantitative estimate of drug-likeness (QED) is 0.725. The maximum absolute atomic E-state index is 5.73. The van der Waals surface area contributed by atoms with Gasteiger partial charge in [-0.2, -0.15) is 0 Å². The van der Waals surface area contributed by atoms with Gasteiger partial charge in [-0.05, 0) is 45.6 Å². The van der Waals surface area contributed by atoms with E-state index in [2.05, 4.69) is 39.6 Å². The van der Waals surface area contributed by atoms with E-state index in [1.165, 1.54) is 38.5 Å². The first-order valence-electron chi connectivity index (χ1n) is 7.30. The van der Waals surface area contributed by atoms with E-state index in [0.717, 1.165) is 0 Å². The molecule has 17 heavy (non-hydrogen) atoms. The standard InChI is InChI=1S/C15H31NO/c1-7-14(8-2)11-13(17-6)12-15(9-3,10-4)16(14)5/h13H,7-12H2,1-6H3. The van der Waals surface area contributed by atoms with Crippen molar-refractivity contribution in [3.63, 3.8) is 0 Å². The van der Waals surface area contributed by atoms with Crippen LogP contribution in [0.25, 0.3) is 0 Å². The second kappa shape index (κ2) is 5.71. The Labute approximate surface area is 108 Å². The van der Waals surface area contributed by atoms with Crippen LogP contribution in [0, 0.1) is 0 Å². The summed E-state index contributed by atoms with van der Waals surface area (Å²) in [5, 5.41) is 0. The van der Waals surface area contributed by atoms with E-state index in [-0.39, 0.29) is 0 Å². The summed E-state index contributed by atoms with van der Waals surface area (Å²) in [6, 6.07) is 0. The van der Waals surface area contributed by atoms with Crippen molar-refractivity contribution in [2.24, 2.45) is 0 Å². The molecule has 1 heterocycles. The lowest BCUT2D eigenvalue weighted by atomic mass is 9.70.